The second-order valence-electron chi connectivity index (χ2n) is 4.37. The van der Waals surface area contributed by atoms with Crippen LogP contribution in [-0.4, -0.2) is 4.98 Å². The van der Waals surface area contributed by atoms with E-state index in [1.54, 1.807) is 0 Å². The van der Waals surface area contributed by atoms with Gasteiger partial charge >= 0.3 is 0 Å². The highest BCUT2D eigenvalue weighted by atomic mass is 14.7. The first-order valence-electron chi connectivity index (χ1n) is 8.38. The molecule has 1 heterocycles. The summed E-state index contributed by atoms with van der Waals surface area (Å²) < 4.78 is 0. The van der Waals surface area contributed by atoms with Crippen LogP contribution in [0.2, 0.25) is 0 Å². The Morgan fingerprint density at radius 3 is 1.78 bits per heavy atom. The van der Waals surface area contributed by atoms with Gasteiger partial charge in [-0.1, -0.05) is 96.1 Å². The van der Waals surface area contributed by atoms with Crippen LogP contribution in [0.25, 0.3) is 10.9 Å². The van der Waals surface area contributed by atoms with E-state index in [9.17, 15) is 0 Å². The number of para-hydroxylation sites is 1. The molecule has 1 nitrogen and oxygen atoms in total. The molecule has 0 spiro atoms. The molecule has 128 valence electrons. The number of aromatic amines is 1. The third kappa shape index (κ3) is 8.25. The average molecular weight is 314 g/mol. The van der Waals surface area contributed by atoms with Crippen molar-refractivity contribution in [3.05, 3.63) is 71.9 Å². The summed E-state index contributed by atoms with van der Waals surface area (Å²) in [5, 5.41) is 1.36. The Bertz CT molecular complexity index is 593. The van der Waals surface area contributed by atoms with E-state index in [1.807, 2.05) is 45.9 Å². The minimum absolute atomic E-state index is 0. The van der Waals surface area contributed by atoms with Crippen molar-refractivity contribution in [2.75, 3.05) is 0 Å². The highest BCUT2D eigenvalue weighted by molar-refractivity contribution is 5.82. The van der Waals surface area contributed by atoms with Crippen molar-refractivity contribution >= 4 is 10.9 Å². The number of benzene rings is 2. The second kappa shape index (κ2) is 14.9. The lowest BCUT2D eigenvalue weighted by molar-refractivity contribution is 1.15. The molecule has 3 rings (SSSR count). The number of hydrogen-bond donors (Lipinski definition) is 1. The van der Waals surface area contributed by atoms with Gasteiger partial charge in [-0.15, -0.1) is 0 Å². The fourth-order valence-corrected chi connectivity index (χ4v) is 1.96. The van der Waals surface area contributed by atoms with E-state index in [0.29, 0.717) is 0 Å². The molecule has 1 N–H and O–H groups in total. The molecule has 0 aliphatic rings. The van der Waals surface area contributed by atoms with Crippen molar-refractivity contribution in [3.63, 3.8) is 0 Å². The highest BCUT2D eigenvalue weighted by Gasteiger charge is 1.97. The standard InChI is InChI=1S/C10H11N.C7H8.2C2H6.CH4/c1-2-8-7-11-10-6-4-3-5-9(8)10;1-7-5-3-2-4-6-7;2*1-2;/h3-7,11H,2H2,1H3;2-6H,1H3;2*1-2H3;1H4. The quantitative estimate of drug-likeness (QED) is 0.481. The first-order chi connectivity index (χ1) is 10.8. The molecule has 2 aromatic carbocycles. The molecule has 0 amide bonds. The van der Waals surface area contributed by atoms with Gasteiger partial charge in [-0.25, -0.2) is 0 Å². The molecular formula is C22H35N. The number of aromatic nitrogens is 1. The zero-order chi connectivity index (χ0) is 16.8. The van der Waals surface area contributed by atoms with E-state index in [2.05, 4.69) is 61.4 Å². The van der Waals surface area contributed by atoms with Crippen molar-refractivity contribution < 1.29 is 0 Å². The summed E-state index contributed by atoms with van der Waals surface area (Å²) in [5.74, 6) is 0. The summed E-state index contributed by atoms with van der Waals surface area (Å²) in [6, 6.07) is 18.7. The molecule has 0 aliphatic heterocycles. The van der Waals surface area contributed by atoms with E-state index in [4.69, 9.17) is 0 Å². The van der Waals surface area contributed by atoms with Gasteiger partial charge in [-0.2, -0.15) is 0 Å². The topological polar surface area (TPSA) is 15.8 Å². The maximum absolute atomic E-state index is 3.24. The molecule has 0 atom stereocenters. The van der Waals surface area contributed by atoms with Crippen molar-refractivity contribution in [3.8, 4) is 0 Å². The van der Waals surface area contributed by atoms with Crippen LogP contribution in [0.1, 0.15) is 53.2 Å². The number of fused-ring (bicyclic) bond motifs is 1. The average Bonchev–Trinajstić information content (AvgIpc) is 3.03. The number of hydrogen-bond acceptors (Lipinski definition) is 0. The molecular weight excluding hydrogens is 278 g/mol. The van der Waals surface area contributed by atoms with Gasteiger partial charge in [0.15, 0.2) is 0 Å². The van der Waals surface area contributed by atoms with Gasteiger partial charge in [0.1, 0.15) is 0 Å². The monoisotopic (exact) mass is 313 g/mol. The molecule has 0 unspecified atom stereocenters. The van der Waals surface area contributed by atoms with Crippen LogP contribution in [0.15, 0.2) is 60.8 Å². The summed E-state index contributed by atoms with van der Waals surface area (Å²) in [6.45, 7) is 12.3. The highest BCUT2D eigenvalue weighted by Crippen LogP contribution is 2.17. The molecule has 0 saturated heterocycles. The first kappa shape index (κ1) is 23.2. The molecule has 0 radical (unpaired) electrons. The van der Waals surface area contributed by atoms with Crippen LogP contribution >= 0.6 is 0 Å². The zero-order valence-electron chi connectivity index (χ0n) is 15.0. The number of rotatable bonds is 1. The van der Waals surface area contributed by atoms with Crippen LogP contribution in [0.4, 0.5) is 0 Å². The number of aryl methyl sites for hydroxylation is 2. The van der Waals surface area contributed by atoms with Crippen LogP contribution in [0, 0.1) is 6.92 Å². The van der Waals surface area contributed by atoms with Crippen LogP contribution in [-0.2, 0) is 6.42 Å². The zero-order valence-corrected chi connectivity index (χ0v) is 15.0. The van der Waals surface area contributed by atoms with Gasteiger partial charge in [0.2, 0.25) is 0 Å². The largest absolute Gasteiger partial charge is 0.361 e. The van der Waals surface area contributed by atoms with Crippen LogP contribution in [0.3, 0.4) is 0 Å². The summed E-state index contributed by atoms with van der Waals surface area (Å²) in [7, 11) is 0. The van der Waals surface area contributed by atoms with Crippen molar-refractivity contribution in [1.82, 2.24) is 4.98 Å². The minimum atomic E-state index is 0. The second-order valence-corrected chi connectivity index (χ2v) is 4.37. The normalized spacial score (nSPS) is 8.26. The maximum atomic E-state index is 3.24. The molecule has 0 aliphatic carbocycles. The molecule has 3 aromatic rings. The third-order valence-corrected chi connectivity index (χ3v) is 3.00. The molecule has 1 aromatic heterocycles. The molecule has 0 bridgehead atoms. The lowest BCUT2D eigenvalue weighted by Crippen LogP contribution is -1.72. The van der Waals surface area contributed by atoms with E-state index < -0.39 is 0 Å². The van der Waals surface area contributed by atoms with Gasteiger partial charge in [0, 0.05) is 17.1 Å². The molecule has 0 saturated carbocycles. The van der Waals surface area contributed by atoms with Crippen LogP contribution in [0.5, 0.6) is 0 Å². The maximum Gasteiger partial charge on any atom is 0.0456 e. The van der Waals surface area contributed by atoms with E-state index in [1.165, 1.54) is 22.0 Å². The fourth-order valence-electron chi connectivity index (χ4n) is 1.96. The minimum Gasteiger partial charge on any atom is -0.361 e. The van der Waals surface area contributed by atoms with Gasteiger partial charge < -0.3 is 4.98 Å². The Kier molecular flexibility index (Phi) is 15.1. The summed E-state index contributed by atoms with van der Waals surface area (Å²) >= 11 is 0. The van der Waals surface area contributed by atoms with E-state index in [0.717, 1.165) is 6.42 Å². The van der Waals surface area contributed by atoms with Gasteiger partial charge in [-0.05, 0) is 25.0 Å². The Balaban J connectivity index is 0. The summed E-state index contributed by atoms with van der Waals surface area (Å²) in [5.41, 5.74) is 3.97. The SMILES string of the molecule is C.CC.CC.CCc1c[nH]c2ccccc12.Cc1ccccc1. The molecule has 23 heavy (non-hydrogen) atoms. The van der Waals surface area contributed by atoms with Gasteiger partial charge in [0.25, 0.3) is 0 Å². The van der Waals surface area contributed by atoms with E-state index in [-0.39, 0.29) is 7.43 Å². The predicted octanol–water partition coefficient (Wildman–Crippen LogP) is 7.41. The Labute approximate surface area is 143 Å². The van der Waals surface area contributed by atoms with Crippen LogP contribution < -0.4 is 0 Å². The molecule has 0 fully saturated rings. The number of H-pyrrole nitrogens is 1. The number of nitrogens with one attached hydrogen (secondary N) is 1. The van der Waals surface area contributed by atoms with Crippen molar-refractivity contribution in [1.29, 1.82) is 0 Å². The Hall–Kier alpha value is -2.02. The smallest absolute Gasteiger partial charge is 0.0456 e. The van der Waals surface area contributed by atoms with Gasteiger partial charge in [0.05, 0.1) is 0 Å². The Morgan fingerprint density at radius 2 is 1.30 bits per heavy atom. The lowest BCUT2D eigenvalue weighted by atomic mass is 10.1. The summed E-state index contributed by atoms with van der Waals surface area (Å²) in [4.78, 5) is 3.24. The summed E-state index contributed by atoms with van der Waals surface area (Å²) in [6.07, 6.45) is 3.19. The van der Waals surface area contributed by atoms with Crippen molar-refractivity contribution in [2.24, 2.45) is 0 Å². The first-order valence-corrected chi connectivity index (χ1v) is 8.38. The predicted molar refractivity (Wildman–Crippen MR) is 108 cm³/mol. The molecule has 1 heteroatoms. The van der Waals surface area contributed by atoms with Gasteiger partial charge in [-0.3, -0.25) is 0 Å². The fraction of sp³-hybridized carbons (Fsp3) is 0.364. The third-order valence-electron chi connectivity index (χ3n) is 3.00. The lowest BCUT2D eigenvalue weighted by Gasteiger charge is -1.90. The van der Waals surface area contributed by atoms with Crippen molar-refractivity contribution in [2.45, 2.75) is 55.4 Å². The van der Waals surface area contributed by atoms with E-state index >= 15 is 0 Å². The Morgan fingerprint density at radius 1 is 0.783 bits per heavy atom.